The lowest BCUT2D eigenvalue weighted by Crippen LogP contribution is -1.95. The summed E-state index contributed by atoms with van der Waals surface area (Å²) < 4.78 is 0. The van der Waals surface area contributed by atoms with Gasteiger partial charge in [-0.15, -0.1) is 68.0 Å². The van der Waals surface area contributed by atoms with E-state index in [2.05, 4.69) is 125 Å². The molecule has 0 atom stereocenters. The van der Waals surface area contributed by atoms with Gasteiger partial charge in [0.05, 0.1) is 0 Å². The Morgan fingerprint density at radius 3 is 0.866 bits per heavy atom. The normalized spacial score (nSPS) is 12.4. The van der Waals surface area contributed by atoms with E-state index < -0.39 is 0 Å². The number of hydrogen-bond acceptors (Lipinski definition) is 8. The molecule has 0 N–H and O–H groups in total. The number of carbonyl (C=O) groups is 2. The highest BCUT2D eigenvalue weighted by Crippen LogP contribution is 2.53. The molecule has 0 saturated carbocycles. The number of rotatable bonds is 27. The van der Waals surface area contributed by atoms with Crippen LogP contribution in [0.3, 0.4) is 0 Å². The van der Waals surface area contributed by atoms with Gasteiger partial charge in [-0.3, -0.25) is 9.59 Å². The van der Waals surface area contributed by atoms with Crippen LogP contribution in [-0.2, 0) is 25.7 Å². The number of thiophene rings is 6. The molecule has 2 aliphatic rings. The molecule has 0 saturated heterocycles. The van der Waals surface area contributed by atoms with Gasteiger partial charge in [-0.1, -0.05) is 178 Å². The van der Waals surface area contributed by atoms with Crippen LogP contribution >= 0.6 is 68.0 Å². The minimum Gasteiger partial charge on any atom is -0.289 e. The van der Waals surface area contributed by atoms with Crippen molar-refractivity contribution in [1.82, 2.24) is 0 Å². The number of carbonyl (C=O) groups excluding carboxylic acids is 2. The maximum absolute atomic E-state index is 13.6. The Morgan fingerprint density at radius 2 is 0.537 bits per heavy atom. The predicted molar refractivity (Wildman–Crippen MR) is 361 cm³/mol. The monoisotopic (exact) mass is 1190 g/mol. The Hall–Kier alpha value is -5.58. The summed E-state index contributed by atoms with van der Waals surface area (Å²) in [6.45, 7) is 9.27. The first-order valence-corrected chi connectivity index (χ1v) is 35.5. The maximum Gasteiger partial charge on any atom is 0.194 e. The molecule has 2 nitrogen and oxygen atoms in total. The van der Waals surface area contributed by atoms with Gasteiger partial charge in [-0.2, -0.15) is 0 Å². The Morgan fingerprint density at radius 1 is 0.256 bits per heavy atom. The molecule has 2 aliphatic carbocycles. The van der Waals surface area contributed by atoms with Crippen molar-refractivity contribution in [1.29, 1.82) is 0 Å². The van der Waals surface area contributed by atoms with E-state index in [0.29, 0.717) is 0 Å². The van der Waals surface area contributed by atoms with Crippen molar-refractivity contribution in [2.24, 2.45) is 0 Å². The van der Waals surface area contributed by atoms with E-state index in [-0.39, 0.29) is 11.6 Å². The van der Waals surface area contributed by atoms with Crippen LogP contribution in [0, 0.1) is 0 Å². The Bertz CT molecular complexity index is 3640. The van der Waals surface area contributed by atoms with E-state index >= 15 is 0 Å². The lowest BCUT2D eigenvalue weighted by molar-refractivity contribution is 0.103. The summed E-state index contributed by atoms with van der Waals surface area (Å²) in [5.74, 6) is 0.273. The second-order valence-corrected chi connectivity index (χ2v) is 29.0. The van der Waals surface area contributed by atoms with Gasteiger partial charge in [0, 0.05) is 80.8 Å². The molecule has 0 unspecified atom stereocenters. The van der Waals surface area contributed by atoms with Crippen LogP contribution < -0.4 is 0 Å². The predicted octanol–water partition coefficient (Wildman–Crippen LogP) is 24.6. The lowest BCUT2D eigenvalue weighted by atomic mass is 9.96. The summed E-state index contributed by atoms with van der Waals surface area (Å²) >= 11 is 11.8. The van der Waals surface area contributed by atoms with Crippen LogP contribution in [0.1, 0.15) is 185 Å². The molecule has 0 aliphatic heterocycles. The molecule has 4 aromatic carbocycles. The van der Waals surface area contributed by atoms with Crippen molar-refractivity contribution in [2.75, 3.05) is 0 Å². The van der Waals surface area contributed by atoms with E-state index in [1.54, 1.807) is 22.3 Å². The SMILES string of the molecule is CCCCCCc1c(-c2ccc(-c3ccc4c(c3)C(=O)c3ccccc3-4)s2)sc(-c2ccc(-c3ccc(-c4sc(-c5ccc(-c6ccc7c(c6)C(=O)c6ccccc6-7)s5)c(CCCCCC)c4CCCCCC)s3)s2)c1CCCCCC. The third kappa shape index (κ3) is 11.5. The first kappa shape index (κ1) is 56.9. The maximum atomic E-state index is 13.6. The van der Waals surface area contributed by atoms with Gasteiger partial charge >= 0.3 is 0 Å². The summed E-state index contributed by atoms with van der Waals surface area (Å²) in [7, 11) is 0. The Balaban J connectivity index is 0.882. The summed E-state index contributed by atoms with van der Waals surface area (Å²) in [5, 5.41) is 0. The highest BCUT2D eigenvalue weighted by atomic mass is 32.1. The quantitative estimate of drug-likeness (QED) is 0.0481. The van der Waals surface area contributed by atoms with Crippen molar-refractivity contribution >= 4 is 79.6 Å². The van der Waals surface area contributed by atoms with E-state index in [1.165, 1.54) is 161 Å². The van der Waals surface area contributed by atoms with Gasteiger partial charge < -0.3 is 0 Å². The number of benzene rings is 4. The van der Waals surface area contributed by atoms with Crippen LogP contribution in [0.2, 0.25) is 0 Å². The molecule has 8 heteroatoms. The van der Waals surface area contributed by atoms with Gasteiger partial charge in [0.2, 0.25) is 0 Å². The minimum atomic E-state index is 0.136. The Kier molecular flexibility index (Phi) is 18.1. The highest BCUT2D eigenvalue weighted by molar-refractivity contribution is 7.31. The molecule has 12 rings (SSSR count). The third-order valence-electron chi connectivity index (χ3n) is 16.9. The van der Waals surface area contributed by atoms with Crippen molar-refractivity contribution in [2.45, 2.75) is 156 Å². The lowest BCUT2D eigenvalue weighted by Gasteiger charge is -2.09. The summed E-state index contributed by atoms with van der Waals surface area (Å²) in [4.78, 5) is 43.7. The average Bonchev–Trinajstić information content (AvgIpc) is 4.48. The first-order chi connectivity index (χ1) is 40.3. The van der Waals surface area contributed by atoms with Crippen LogP contribution in [0.5, 0.6) is 0 Å². The molecule has 0 bridgehead atoms. The standard InChI is InChI=1S/C74H74O2S6/c1-5-9-13-17-29-55-57(31-19-15-11-7-3)73(81-71(55)65-41-37-61(77-65)47-33-35-51-49-25-21-23-27-53(49)69(75)59(51)45-47)67-43-39-63(79-67)64-40-44-68(80-64)74-58(32-20-16-12-8-4)56(30-18-14-10-6-2)72(82-74)66-42-38-62(78-66)48-34-36-52-50-26-22-24-28-54(50)70(76)60(52)46-48/h21-28,33-46H,5-20,29-32H2,1-4H3. The number of ketones is 2. The second kappa shape index (κ2) is 26.1. The molecule has 6 aromatic heterocycles. The largest absolute Gasteiger partial charge is 0.289 e. The summed E-state index contributed by atoms with van der Waals surface area (Å²) in [6, 6.07) is 48.1. The fraction of sp³-hybridized carbons (Fsp3) is 0.324. The van der Waals surface area contributed by atoms with Crippen LogP contribution in [0.4, 0.5) is 0 Å². The van der Waals surface area contributed by atoms with Crippen LogP contribution in [-0.4, -0.2) is 11.6 Å². The van der Waals surface area contributed by atoms with Gasteiger partial charge in [-0.05, 0) is 168 Å². The molecular weight excluding hydrogens is 1110 g/mol. The van der Waals surface area contributed by atoms with E-state index in [9.17, 15) is 9.59 Å². The minimum absolute atomic E-state index is 0.136. The zero-order valence-electron chi connectivity index (χ0n) is 48.1. The van der Waals surface area contributed by atoms with Gasteiger partial charge in [0.1, 0.15) is 0 Å². The summed E-state index contributed by atoms with van der Waals surface area (Å²) in [6.07, 6.45) is 24.4. The number of unbranched alkanes of at least 4 members (excludes halogenated alkanes) is 12. The molecular formula is C74H74O2S6. The third-order valence-corrected chi connectivity index (χ3v) is 24.8. The highest BCUT2D eigenvalue weighted by Gasteiger charge is 2.30. The van der Waals surface area contributed by atoms with E-state index in [1.807, 2.05) is 104 Å². The average molecular weight is 1190 g/mol. The molecule has 6 heterocycles. The summed E-state index contributed by atoms with van der Waals surface area (Å²) in [5.41, 5.74) is 16.0. The molecule has 418 valence electrons. The number of fused-ring (bicyclic) bond motifs is 6. The first-order valence-electron chi connectivity index (χ1n) is 30.6. The van der Waals surface area contributed by atoms with Gasteiger partial charge in [0.25, 0.3) is 0 Å². The molecule has 0 amide bonds. The van der Waals surface area contributed by atoms with Gasteiger partial charge in [0.15, 0.2) is 11.6 Å². The second-order valence-electron chi connectivity index (χ2n) is 22.6. The van der Waals surface area contributed by atoms with Crippen molar-refractivity contribution in [3.63, 3.8) is 0 Å². The van der Waals surface area contributed by atoms with E-state index in [0.717, 1.165) is 81.3 Å². The fourth-order valence-electron chi connectivity index (χ4n) is 12.5. The van der Waals surface area contributed by atoms with Crippen molar-refractivity contribution in [3.05, 3.63) is 178 Å². The fourth-order valence-corrected chi connectivity index (χ4v) is 20.0. The van der Waals surface area contributed by atoms with Crippen molar-refractivity contribution in [3.8, 4) is 91.9 Å². The molecule has 0 fully saturated rings. The van der Waals surface area contributed by atoms with Crippen molar-refractivity contribution < 1.29 is 9.59 Å². The molecule has 10 aromatic rings. The Labute approximate surface area is 511 Å². The van der Waals surface area contributed by atoms with E-state index in [4.69, 9.17) is 0 Å². The van der Waals surface area contributed by atoms with Crippen LogP contribution in [0.25, 0.3) is 91.9 Å². The molecule has 0 spiro atoms. The number of hydrogen-bond donors (Lipinski definition) is 0. The van der Waals surface area contributed by atoms with Gasteiger partial charge in [-0.25, -0.2) is 0 Å². The zero-order chi connectivity index (χ0) is 56.1. The zero-order valence-corrected chi connectivity index (χ0v) is 53.0. The van der Waals surface area contributed by atoms with Crippen LogP contribution in [0.15, 0.2) is 133 Å². The molecule has 0 radical (unpaired) electrons. The molecule has 82 heavy (non-hydrogen) atoms. The topological polar surface area (TPSA) is 34.1 Å². The smallest absolute Gasteiger partial charge is 0.194 e.